The van der Waals surface area contributed by atoms with Crippen LogP contribution in [0.25, 0.3) is 21.8 Å². The zero-order chi connectivity index (χ0) is 21.6. The third-order valence-corrected chi connectivity index (χ3v) is 5.98. The minimum absolute atomic E-state index is 0. The number of para-hydroxylation sites is 2. The van der Waals surface area contributed by atoms with Gasteiger partial charge in [0.05, 0.1) is 11.1 Å². The van der Waals surface area contributed by atoms with E-state index in [-0.39, 0.29) is 98.3 Å². The number of halogens is 6. The van der Waals surface area contributed by atoms with E-state index in [1.807, 2.05) is 0 Å². The fourth-order valence-corrected chi connectivity index (χ4v) is 4.21. The quantitative estimate of drug-likeness (QED) is 0.158. The Bertz CT molecular complexity index is 1170. The van der Waals surface area contributed by atoms with Gasteiger partial charge >= 0.3 is 23.9 Å². The molecule has 212 valence electrons. The van der Waals surface area contributed by atoms with Crippen LogP contribution in [0, 0.1) is 0 Å². The van der Waals surface area contributed by atoms with E-state index >= 15 is 0 Å². The predicted molar refractivity (Wildman–Crippen MR) is 134 cm³/mol. The van der Waals surface area contributed by atoms with E-state index in [1.54, 1.807) is 0 Å². The zero-order valence-corrected chi connectivity index (χ0v) is 28.5. The van der Waals surface area contributed by atoms with Crippen LogP contribution >= 0.6 is 0 Å². The second kappa shape index (κ2) is 22.0. The second-order valence-electron chi connectivity index (χ2n) is 8.13. The summed E-state index contributed by atoms with van der Waals surface area (Å²) in [5.74, 6) is 0. The number of H-pyrrole nitrogens is 2. The standard InChI is InChI=1S/2C13H14N2O.6ClH.Sn/c2*1-2-4-13-12(3-1)11(9-14-13)10-15-5-7-16-8-6-15;;;;;;;/h2*1-4,9-10H,5-8H2;6*1H;/q;;;;;;;;+4/p-4. The summed E-state index contributed by atoms with van der Waals surface area (Å²) in [6.07, 6.45) is 8.59. The van der Waals surface area contributed by atoms with Gasteiger partial charge in [-0.3, -0.25) is 0 Å². The molecule has 2 aromatic heterocycles. The number of nitrogens with one attached hydrogen (secondary N) is 2. The fraction of sp³-hybridized carbons (Fsp3) is 0.308. The Kier molecular flexibility index (Phi) is 24.1. The Morgan fingerprint density at radius 3 is 1.23 bits per heavy atom. The summed E-state index contributed by atoms with van der Waals surface area (Å²) in [6.45, 7) is 7.27. The van der Waals surface area contributed by atoms with Crippen LogP contribution in [-0.4, -0.2) is 108 Å². The van der Waals surface area contributed by atoms with Crippen LogP contribution in [0.3, 0.4) is 0 Å². The molecule has 13 heteroatoms. The van der Waals surface area contributed by atoms with Crippen LogP contribution in [0.1, 0.15) is 11.1 Å². The number of morpholine rings is 2. The minimum atomic E-state index is 0. The summed E-state index contributed by atoms with van der Waals surface area (Å²) >= 11 is 0. The van der Waals surface area contributed by atoms with Crippen molar-refractivity contribution in [2.75, 3.05) is 52.6 Å². The van der Waals surface area contributed by atoms with Crippen molar-refractivity contribution in [3.8, 4) is 0 Å². The van der Waals surface area contributed by atoms with Gasteiger partial charge in [-0.05, 0) is 12.1 Å². The summed E-state index contributed by atoms with van der Waals surface area (Å²) < 4.78 is 15.3. The first kappa shape index (κ1) is 42.8. The van der Waals surface area contributed by atoms with Gasteiger partial charge in [0, 0.05) is 34.2 Å². The number of hydrogen-bond acceptors (Lipinski definition) is 2. The maximum Gasteiger partial charge on any atom is 4.00 e. The maximum atomic E-state index is 5.34. The third kappa shape index (κ3) is 11.6. The molecule has 2 fully saturated rings. The summed E-state index contributed by atoms with van der Waals surface area (Å²) in [7, 11) is 0. The van der Waals surface area contributed by atoms with Gasteiger partial charge < -0.3 is 93.9 Å². The van der Waals surface area contributed by atoms with Crippen molar-refractivity contribution in [3.63, 3.8) is 0 Å². The zero-order valence-electron chi connectivity index (χ0n) is 21.1. The Balaban J connectivity index is -0.000000563. The Morgan fingerprint density at radius 2 is 0.872 bits per heavy atom. The molecule has 39 heavy (non-hydrogen) atoms. The number of ether oxygens (including phenoxy) is 2. The van der Waals surface area contributed by atoms with Crippen LogP contribution in [-0.2, 0) is 9.47 Å². The number of rotatable bonds is 2. The second-order valence-corrected chi connectivity index (χ2v) is 8.13. The number of aromatic nitrogens is 2. The molecule has 0 unspecified atom stereocenters. The van der Waals surface area contributed by atoms with Gasteiger partial charge in [0.1, 0.15) is 26.4 Å². The van der Waals surface area contributed by atoms with Crippen molar-refractivity contribution >= 4 is 58.1 Å². The topological polar surface area (TPSA) is 56.1 Å². The molecule has 2 aliphatic rings. The molecule has 2 aliphatic heterocycles. The molecule has 0 radical (unpaired) electrons. The number of benzene rings is 2. The molecule has 0 saturated carbocycles. The number of aromatic amines is 2. The van der Waals surface area contributed by atoms with Crippen molar-refractivity contribution < 1.29 is 93.1 Å². The third-order valence-electron chi connectivity index (χ3n) is 5.98. The molecule has 2 aromatic carbocycles. The first-order valence-electron chi connectivity index (χ1n) is 11.3. The van der Waals surface area contributed by atoms with Gasteiger partial charge in [0.2, 0.25) is 0 Å². The molecule has 2 saturated heterocycles. The van der Waals surface area contributed by atoms with Crippen molar-refractivity contribution in [1.82, 2.24) is 9.97 Å². The fourth-order valence-electron chi connectivity index (χ4n) is 4.21. The molecule has 0 atom stereocenters. The molecule has 4 aromatic rings. The van der Waals surface area contributed by atoms with Gasteiger partial charge in [-0.25, -0.2) is 9.15 Å². The van der Waals surface area contributed by atoms with Gasteiger partial charge in [0.25, 0.3) is 0 Å². The largest absolute Gasteiger partial charge is 4.00 e. The van der Waals surface area contributed by atoms with E-state index in [9.17, 15) is 0 Å². The van der Waals surface area contributed by atoms with Crippen molar-refractivity contribution in [3.05, 3.63) is 72.1 Å². The first-order valence-corrected chi connectivity index (χ1v) is 11.3. The van der Waals surface area contributed by atoms with Crippen LogP contribution in [0.4, 0.5) is 0 Å². The minimum Gasteiger partial charge on any atom is -1.00 e. The van der Waals surface area contributed by atoms with Crippen LogP contribution < -0.4 is 74.4 Å². The van der Waals surface area contributed by atoms with E-state index in [1.165, 1.54) is 32.9 Å². The van der Waals surface area contributed by atoms with Gasteiger partial charge in [-0.2, -0.15) is 0 Å². The summed E-state index contributed by atoms with van der Waals surface area (Å²) in [4.78, 5) is 6.58. The monoisotopic (exact) mass is 760 g/mol. The molecule has 0 amide bonds. The van der Waals surface area contributed by atoms with Crippen LogP contribution in [0.15, 0.2) is 60.9 Å². The van der Waals surface area contributed by atoms with Crippen molar-refractivity contribution in [1.29, 1.82) is 0 Å². The Hall–Kier alpha value is -0.681. The van der Waals surface area contributed by atoms with E-state index in [0.717, 1.165) is 52.6 Å². The summed E-state index contributed by atoms with van der Waals surface area (Å²) in [6, 6.07) is 16.8. The number of fused-ring (bicyclic) bond motifs is 2. The molecular weight excluding hydrogens is 732 g/mol. The van der Waals surface area contributed by atoms with E-state index in [0.29, 0.717) is 0 Å². The normalized spacial score (nSPS) is 13.6. The molecule has 0 aliphatic carbocycles. The van der Waals surface area contributed by atoms with E-state index < -0.39 is 0 Å². The van der Waals surface area contributed by atoms with Gasteiger partial charge in [-0.15, -0.1) is 0 Å². The summed E-state index contributed by atoms with van der Waals surface area (Å²) in [5, 5.41) is 2.57. The SMILES string of the molecule is C(c1c[nH]c2ccccc12)=[N+]1CCOCC1.C(c1c[nH]c2ccccc12)=[N+]1CCOCC1.[Cl-].[Cl-].[Cl-].[Cl-].[Cl-].[Cl-].[Sn+4]. The predicted octanol–water partition coefficient (Wildman–Crippen LogP) is -15.1. The van der Waals surface area contributed by atoms with E-state index in [2.05, 4.69) is 92.5 Å². The van der Waals surface area contributed by atoms with Crippen molar-refractivity contribution in [2.24, 2.45) is 0 Å². The molecule has 2 N–H and O–H groups in total. The Morgan fingerprint density at radius 1 is 0.538 bits per heavy atom. The molecule has 4 heterocycles. The van der Waals surface area contributed by atoms with Crippen LogP contribution in [0.2, 0.25) is 0 Å². The van der Waals surface area contributed by atoms with Gasteiger partial charge in [0.15, 0.2) is 38.6 Å². The molecule has 6 rings (SSSR count). The molecule has 6 nitrogen and oxygen atoms in total. The molecular formula is C26H30Cl6N4O2Sn. The molecule has 0 spiro atoms. The Labute approximate surface area is 283 Å². The van der Waals surface area contributed by atoms with Gasteiger partial charge in [-0.1, -0.05) is 36.4 Å². The van der Waals surface area contributed by atoms with Crippen molar-refractivity contribution in [2.45, 2.75) is 0 Å². The number of hydrogen-bond donors (Lipinski definition) is 2. The summed E-state index contributed by atoms with van der Waals surface area (Å²) in [5.41, 5.74) is 4.92. The average Bonchev–Trinajstić information content (AvgIpc) is 3.45. The van der Waals surface area contributed by atoms with E-state index in [4.69, 9.17) is 9.47 Å². The average molecular weight is 762 g/mol. The van der Waals surface area contributed by atoms with Crippen LogP contribution in [0.5, 0.6) is 0 Å². The first-order chi connectivity index (χ1) is 15.9. The maximum absolute atomic E-state index is 5.34. The number of nitrogens with zero attached hydrogens (tertiary/aromatic N) is 2. The smallest absolute Gasteiger partial charge is 1.00 e. The molecule has 0 bridgehead atoms.